The van der Waals surface area contributed by atoms with Crippen molar-refractivity contribution in [1.29, 1.82) is 0 Å². The molecule has 4 nitrogen and oxygen atoms in total. The molecular weight excluding hydrogens is 202 g/mol. The van der Waals surface area contributed by atoms with Crippen molar-refractivity contribution in [2.45, 2.75) is 6.92 Å². The molecule has 0 spiro atoms. The number of nitrogens with zero attached hydrogens (tertiary/aromatic N) is 1. The maximum atomic E-state index is 11.4. The largest absolute Gasteiger partial charge is 0.369 e. The van der Waals surface area contributed by atoms with Crippen LogP contribution in [0.15, 0.2) is 28.8 Å². The molecule has 1 aromatic carbocycles. The first-order chi connectivity index (χ1) is 6.63. The number of carbonyl (C=O) groups excluding carboxylic acids is 1. The monoisotopic (exact) mass is 211 g/mol. The number of benzene rings is 1. The minimum atomic E-state index is -0.324. The third-order valence-electron chi connectivity index (χ3n) is 1.61. The maximum Gasteiger partial charge on any atom is 0.257 e. The summed E-state index contributed by atoms with van der Waals surface area (Å²) < 4.78 is 3.11. The predicted octanol–water partition coefficient (Wildman–Crippen LogP) is 1.19. The van der Waals surface area contributed by atoms with E-state index in [-0.39, 0.29) is 11.9 Å². The van der Waals surface area contributed by atoms with Crippen molar-refractivity contribution in [2.24, 2.45) is 10.2 Å². The van der Waals surface area contributed by atoms with Crippen molar-refractivity contribution >= 4 is 23.6 Å². The standard InChI is InChI=1S/C9H10ClN3O/c1-6-3-2-4-7(5-6)8(14)12-9(11)13-10/h2-5H,1H3,(H3,11,12,13,14). The summed E-state index contributed by atoms with van der Waals surface area (Å²) in [4.78, 5) is 11.4. The fraction of sp³-hybridized carbons (Fsp3) is 0.111. The number of aryl methyl sites for hydroxylation is 1. The zero-order valence-electron chi connectivity index (χ0n) is 7.62. The zero-order chi connectivity index (χ0) is 10.6. The number of amides is 1. The summed E-state index contributed by atoms with van der Waals surface area (Å²) in [6, 6.07) is 7.12. The average Bonchev–Trinajstić information content (AvgIpc) is 2.17. The molecule has 1 rings (SSSR count). The Balaban J connectivity index is 2.80. The molecule has 0 unspecified atom stereocenters. The van der Waals surface area contributed by atoms with Gasteiger partial charge < -0.3 is 5.73 Å². The first kappa shape index (κ1) is 10.5. The van der Waals surface area contributed by atoms with E-state index in [2.05, 4.69) is 9.83 Å². The molecule has 0 aliphatic rings. The van der Waals surface area contributed by atoms with Crippen LogP contribution in [0.1, 0.15) is 15.9 Å². The van der Waals surface area contributed by atoms with Crippen molar-refractivity contribution in [2.75, 3.05) is 0 Å². The van der Waals surface area contributed by atoms with E-state index in [1.54, 1.807) is 18.2 Å². The van der Waals surface area contributed by atoms with Crippen LogP contribution in [0.3, 0.4) is 0 Å². The first-order valence-electron chi connectivity index (χ1n) is 3.96. The van der Waals surface area contributed by atoms with E-state index in [0.717, 1.165) is 5.56 Å². The van der Waals surface area contributed by atoms with Gasteiger partial charge in [0.15, 0.2) is 0 Å². The summed E-state index contributed by atoms with van der Waals surface area (Å²) in [5.41, 5.74) is 6.76. The molecule has 74 valence electrons. The van der Waals surface area contributed by atoms with Crippen LogP contribution in [0.4, 0.5) is 0 Å². The Labute approximate surface area is 86.9 Å². The highest BCUT2D eigenvalue weighted by Crippen LogP contribution is 2.03. The van der Waals surface area contributed by atoms with E-state index < -0.39 is 0 Å². The lowest BCUT2D eigenvalue weighted by molar-refractivity contribution is 0.0976. The molecule has 0 aliphatic carbocycles. The Bertz CT molecular complexity index is 376. The molecule has 0 atom stereocenters. The van der Waals surface area contributed by atoms with Crippen molar-refractivity contribution in [1.82, 2.24) is 5.32 Å². The molecule has 0 saturated carbocycles. The Morgan fingerprint density at radius 1 is 1.57 bits per heavy atom. The normalized spacial score (nSPS) is 11.1. The third-order valence-corrected chi connectivity index (χ3v) is 1.80. The molecule has 0 saturated heterocycles. The van der Waals surface area contributed by atoms with Gasteiger partial charge in [0, 0.05) is 17.3 Å². The van der Waals surface area contributed by atoms with Crippen LogP contribution in [0.25, 0.3) is 0 Å². The van der Waals surface area contributed by atoms with Crippen molar-refractivity contribution in [3.8, 4) is 0 Å². The number of nitrogens with one attached hydrogen (secondary N) is 1. The van der Waals surface area contributed by atoms with Crippen LogP contribution in [0, 0.1) is 6.92 Å². The summed E-state index contributed by atoms with van der Waals surface area (Å²) >= 11 is 5.06. The molecule has 0 radical (unpaired) electrons. The smallest absolute Gasteiger partial charge is 0.257 e. The van der Waals surface area contributed by atoms with E-state index in [1.807, 2.05) is 13.0 Å². The lowest BCUT2D eigenvalue weighted by Crippen LogP contribution is -2.36. The lowest BCUT2D eigenvalue weighted by atomic mass is 10.1. The molecule has 1 amide bonds. The molecule has 0 aliphatic heterocycles. The molecule has 0 aromatic heterocycles. The molecule has 14 heavy (non-hydrogen) atoms. The van der Waals surface area contributed by atoms with Crippen LogP contribution < -0.4 is 11.1 Å². The van der Waals surface area contributed by atoms with E-state index >= 15 is 0 Å². The van der Waals surface area contributed by atoms with E-state index in [0.29, 0.717) is 5.56 Å². The molecular formula is C9H10ClN3O. The van der Waals surface area contributed by atoms with Crippen LogP contribution in [-0.2, 0) is 0 Å². The second-order valence-corrected chi connectivity index (χ2v) is 2.96. The Morgan fingerprint density at radius 2 is 2.29 bits per heavy atom. The van der Waals surface area contributed by atoms with Gasteiger partial charge in [-0.15, -0.1) is 4.51 Å². The number of rotatable bonds is 1. The minimum absolute atomic E-state index is 0.113. The van der Waals surface area contributed by atoms with Gasteiger partial charge in [0.2, 0.25) is 5.96 Å². The van der Waals surface area contributed by atoms with Gasteiger partial charge in [0.05, 0.1) is 0 Å². The van der Waals surface area contributed by atoms with Gasteiger partial charge in [-0.05, 0) is 19.1 Å². The fourth-order valence-electron chi connectivity index (χ4n) is 0.996. The molecule has 0 bridgehead atoms. The quantitative estimate of drug-likeness (QED) is 0.541. The first-order valence-corrected chi connectivity index (χ1v) is 4.29. The number of carbonyl (C=O) groups is 1. The number of guanidine groups is 1. The summed E-state index contributed by atoms with van der Waals surface area (Å²) in [6.07, 6.45) is 0. The van der Waals surface area contributed by atoms with Gasteiger partial charge in [-0.1, -0.05) is 17.7 Å². The number of hydrogen-bond donors (Lipinski definition) is 2. The van der Waals surface area contributed by atoms with Crippen molar-refractivity contribution in [3.05, 3.63) is 35.4 Å². The lowest BCUT2D eigenvalue weighted by Gasteiger charge is -2.03. The maximum absolute atomic E-state index is 11.4. The molecule has 5 heteroatoms. The summed E-state index contributed by atoms with van der Waals surface area (Å²) in [7, 11) is 0. The molecule has 0 heterocycles. The topological polar surface area (TPSA) is 67.5 Å². The van der Waals surface area contributed by atoms with Crippen molar-refractivity contribution in [3.63, 3.8) is 0 Å². The highest BCUT2D eigenvalue weighted by Gasteiger charge is 2.05. The van der Waals surface area contributed by atoms with Gasteiger partial charge >= 0.3 is 0 Å². The second-order valence-electron chi connectivity index (χ2n) is 2.79. The molecule has 3 N–H and O–H groups in total. The van der Waals surface area contributed by atoms with Gasteiger partial charge in [-0.3, -0.25) is 10.1 Å². The third kappa shape index (κ3) is 2.74. The van der Waals surface area contributed by atoms with Crippen LogP contribution in [0.5, 0.6) is 0 Å². The predicted molar refractivity (Wildman–Crippen MR) is 56.1 cm³/mol. The van der Waals surface area contributed by atoms with Gasteiger partial charge in [-0.25, -0.2) is 0 Å². The van der Waals surface area contributed by atoms with Crippen LogP contribution in [0.2, 0.25) is 0 Å². The second kappa shape index (κ2) is 4.62. The van der Waals surface area contributed by atoms with Gasteiger partial charge in [-0.2, -0.15) is 0 Å². The van der Waals surface area contributed by atoms with E-state index in [4.69, 9.17) is 17.5 Å². The highest BCUT2D eigenvalue weighted by atomic mass is 35.5. The Morgan fingerprint density at radius 3 is 2.86 bits per heavy atom. The highest BCUT2D eigenvalue weighted by molar-refractivity contribution is 6.21. The minimum Gasteiger partial charge on any atom is -0.369 e. The summed E-state index contributed by atoms with van der Waals surface area (Å²) in [5, 5.41) is 2.33. The summed E-state index contributed by atoms with van der Waals surface area (Å²) in [6.45, 7) is 1.90. The SMILES string of the molecule is Cc1cccc(C(=O)NC(N)=NCl)c1. The zero-order valence-corrected chi connectivity index (χ0v) is 8.38. The molecule has 0 fully saturated rings. The number of halogens is 1. The van der Waals surface area contributed by atoms with Gasteiger partial charge in [0.1, 0.15) is 0 Å². The fourth-order valence-corrected chi connectivity index (χ4v) is 1.04. The van der Waals surface area contributed by atoms with Crippen LogP contribution in [-0.4, -0.2) is 11.9 Å². The van der Waals surface area contributed by atoms with Crippen molar-refractivity contribution < 1.29 is 4.79 Å². The Hall–Kier alpha value is -1.55. The number of nitrogens with two attached hydrogens (primary N) is 1. The Kier molecular flexibility index (Phi) is 3.48. The average molecular weight is 212 g/mol. The van der Waals surface area contributed by atoms with E-state index in [9.17, 15) is 4.79 Å². The molecule has 1 aromatic rings. The van der Waals surface area contributed by atoms with Crippen LogP contribution >= 0.6 is 11.8 Å². The summed E-state index contributed by atoms with van der Waals surface area (Å²) in [5.74, 6) is -0.436. The van der Waals surface area contributed by atoms with Gasteiger partial charge in [0.25, 0.3) is 5.91 Å². The van der Waals surface area contributed by atoms with E-state index in [1.165, 1.54) is 0 Å². The number of hydrogen-bond acceptors (Lipinski definition) is 2.